The molecule has 1 N–H and O–H groups in total. The average Bonchev–Trinajstić information content (AvgIpc) is 3.29. The van der Waals surface area contributed by atoms with E-state index in [1.165, 1.54) is 11.0 Å². The van der Waals surface area contributed by atoms with Crippen molar-refractivity contribution in [3.63, 3.8) is 0 Å². The molecule has 9 nitrogen and oxygen atoms in total. The number of sulfone groups is 1. The number of aryl methyl sites for hydroxylation is 1. The van der Waals surface area contributed by atoms with Crippen LogP contribution in [-0.4, -0.2) is 63.3 Å². The topological polar surface area (TPSA) is 113 Å². The van der Waals surface area contributed by atoms with Gasteiger partial charge < -0.3 is 19.5 Å². The number of ether oxygens (including phenoxy) is 2. The number of amides is 1. The van der Waals surface area contributed by atoms with Crippen molar-refractivity contribution in [1.29, 1.82) is 0 Å². The Kier molecular flexibility index (Phi) is 8.01. The second kappa shape index (κ2) is 10.9. The van der Waals surface area contributed by atoms with E-state index in [0.29, 0.717) is 24.3 Å². The third-order valence-electron chi connectivity index (χ3n) is 6.39. The lowest BCUT2D eigenvalue weighted by molar-refractivity contribution is 0.0696. The Morgan fingerprint density at radius 2 is 1.86 bits per heavy atom. The van der Waals surface area contributed by atoms with Crippen LogP contribution in [0.25, 0.3) is 0 Å². The maximum Gasteiger partial charge on any atom is 0.414 e. The summed E-state index contributed by atoms with van der Waals surface area (Å²) in [7, 11) is -3.99. The highest BCUT2D eigenvalue weighted by molar-refractivity contribution is 7.90. The van der Waals surface area contributed by atoms with Crippen LogP contribution in [0.1, 0.15) is 48.2 Å². The van der Waals surface area contributed by atoms with E-state index in [9.17, 15) is 23.1 Å². The van der Waals surface area contributed by atoms with E-state index in [2.05, 4.69) is 4.90 Å². The fourth-order valence-corrected chi connectivity index (χ4v) is 6.36. The maximum atomic E-state index is 13.4. The molecule has 2 aliphatic rings. The van der Waals surface area contributed by atoms with Crippen molar-refractivity contribution in [3.8, 4) is 11.5 Å². The van der Waals surface area contributed by atoms with E-state index in [4.69, 9.17) is 21.1 Å². The standard InChI is InChI=1S/C26H31ClN2O7S/c1-16(2)14-35-26(32)29(9-8-28-6-4-5-7-28)20-11-19-15-37(33,34)22-12-18(25(30)31)10-17(3)23(22)36-24(19)21(27)13-20/h10-13,16H,4-9,14-15H2,1-3H3,(H,30,31). The van der Waals surface area contributed by atoms with Crippen molar-refractivity contribution in [3.05, 3.63) is 46.0 Å². The normalized spacial score (nSPS) is 16.5. The zero-order valence-electron chi connectivity index (χ0n) is 21.1. The number of rotatable bonds is 7. The van der Waals surface area contributed by atoms with Gasteiger partial charge in [0.15, 0.2) is 9.84 Å². The molecule has 0 aromatic heterocycles. The minimum Gasteiger partial charge on any atom is -0.478 e. The Bertz CT molecular complexity index is 1320. The van der Waals surface area contributed by atoms with E-state index in [0.717, 1.165) is 32.0 Å². The molecule has 2 aromatic rings. The molecule has 1 saturated heterocycles. The zero-order valence-corrected chi connectivity index (χ0v) is 22.7. The summed E-state index contributed by atoms with van der Waals surface area (Å²) < 4.78 is 38.2. The Hall–Kier alpha value is -2.82. The van der Waals surface area contributed by atoms with Crippen molar-refractivity contribution in [2.24, 2.45) is 5.92 Å². The van der Waals surface area contributed by atoms with Gasteiger partial charge in [0.05, 0.1) is 22.9 Å². The summed E-state index contributed by atoms with van der Waals surface area (Å²) >= 11 is 6.61. The van der Waals surface area contributed by atoms with E-state index < -0.39 is 27.7 Å². The monoisotopic (exact) mass is 550 g/mol. The number of carboxylic acids is 1. The van der Waals surface area contributed by atoms with Crippen molar-refractivity contribution < 1.29 is 32.6 Å². The van der Waals surface area contributed by atoms with Crippen LogP contribution in [0.4, 0.5) is 10.5 Å². The van der Waals surface area contributed by atoms with Crippen molar-refractivity contribution in [2.45, 2.75) is 44.3 Å². The first-order valence-electron chi connectivity index (χ1n) is 12.2. The quantitative estimate of drug-likeness (QED) is 0.505. The predicted octanol–water partition coefficient (Wildman–Crippen LogP) is 5.12. The number of nitrogens with zero attached hydrogens (tertiary/aromatic N) is 2. The van der Waals surface area contributed by atoms with Crippen molar-refractivity contribution in [2.75, 3.05) is 37.7 Å². The van der Waals surface area contributed by atoms with Gasteiger partial charge >= 0.3 is 12.1 Å². The molecule has 1 amide bonds. The molecular formula is C26H31ClN2O7S. The first-order chi connectivity index (χ1) is 17.5. The molecule has 0 aliphatic carbocycles. The number of aromatic carboxylic acids is 1. The highest BCUT2D eigenvalue weighted by atomic mass is 35.5. The van der Waals surface area contributed by atoms with Crippen molar-refractivity contribution >= 4 is 39.2 Å². The molecule has 0 radical (unpaired) electrons. The molecule has 0 unspecified atom stereocenters. The molecule has 0 spiro atoms. The molecule has 11 heteroatoms. The third kappa shape index (κ3) is 6.02. The molecule has 0 saturated carbocycles. The fourth-order valence-electron chi connectivity index (χ4n) is 4.51. The van der Waals surface area contributed by atoms with Crippen LogP contribution in [0.2, 0.25) is 5.02 Å². The van der Waals surface area contributed by atoms with Gasteiger partial charge in [-0.2, -0.15) is 0 Å². The summed E-state index contributed by atoms with van der Waals surface area (Å²) in [5.41, 5.74) is 0.889. The average molecular weight is 551 g/mol. The summed E-state index contributed by atoms with van der Waals surface area (Å²) in [6, 6.07) is 5.61. The largest absolute Gasteiger partial charge is 0.478 e. The number of anilines is 1. The molecular weight excluding hydrogens is 520 g/mol. The molecule has 1 fully saturated rings. The Labute approximate surface area is 221 Å². The highest BCUT2D eigenvalue weighted by Gasteiger charge is 2.32. The predicted molar refractivity (Wildman–Crippen MR) is 140 cm³/mol. The Balaban J connectivity index is 1.73. The number of benzene rings is 2. The highest BCUT2D eigenvalue weighted by Crippen LogP contribution is 2.45. The number of halogens is 1. The summed E-state index contributed by atoms with van der Waals surface area (Å²) in [4.78, 5) is 28.2. The van der Waals surface area contributed by atoms with Gasteiger partial charge in [-0.15, -0.1) is 0 Å². The first-order valence-corrected chi connectivity index (χ1v) is 14.3. The summed E-state index contributed by atoms with van der Waals surface area (Å²) in [6.45, 7) is 8.62. The van der Waals surface area contributed by atoms with Gasteiger partial charge in [0.25, 0.3) is 0 Å². The number of carboxylic acid groups (broad SMARTS) is 1. The molecule has 0 atom stereocenters. The second-order valence-electron chi connectivity index (χ2n) is 9.87. The molecule has 4 rings (SSSR count). The minimum atomic E-state index is -3.99. The smallest absolute Gasteiger partial charge is 0.414 e. The number of hydrogen-bond acceptors (Lipinski definition) is 7. The van der Waals surface area contributed by atoms with Crippen LogP contribution in [0.5, 0.6) is 11.5 Å². The van der Waals surface area contributed by atoms with Crippen LogP contribution in [-0.2, 0) is 20.3 Å². The number of fused-ring (bicyclic) bond motifs is 2. The van der Waals surface area contributed by atoms with Gasteiger partial charge in [-0.25, -0.2) is 18.0 Å². The van der Waals surface area contributed by atoms with Crippen LogP contribution in [0, 0.1) is 12.8 Å². The molecule has 200 valence electrons. The molecule has 37 heavy (non-hydrogen) atoms. The Morgan fingerprint density at radius 1 is 1.16 bits per heavy atom. The maximum absolute atomic E-state index is 13.4. The fraction of sp³-hybridized carbons (Fsp3) is 0.462. The van der Waals surface area contributed by atoms with Crippen molar-refractivity contribution in [1.82, 2.24) is 4.90 Å². The van der Waals surface area contributed by atoms with E-state index in [1.54, 1.807) is 19.1 Å². The minimum absolute atomic E-state index is 0.0423. The van der Waals surface area contributed by atoms with Gasteiger partial charge in [-0.3, -0.25) is 4.90 Å². The lowest BCUT2D eigenvalue weighted by atomic mass is 10.1. The number of likely N-dealkylation sites (tertiary alicyclic amines) is 1. The van der Waals surface area contributed by atoms with Crippen LogP contribution >= 0.6 is 11.6 Å². The third-order valence-corrected chi connectivity index (χ3v) is 8.33. The van der Waals surface area contributed by atoms with Gasteiger partial charge in [0.2, 0.25) is 0 Å². The zero-order chi connectivity index (χ0) is 26.9. The van der Waals surface area contributed by atoms with Crippen LogP contribution in [0.3, 0.4) is 0 Å². The van der Waals surface area contributed by atoms with Gasteiger partial charge in [-0.1, -0.05) is 25.4 Å². The lowest BCUT2D eigenvalue weighted by Crippen LogP contribution is -2.39. The number of hydrogen-bond donors (Lipinski definition) is 1. The van der Waals surface area contributed by atoms with E-state index >= 15 is 0 Å². The van der Waals surface area contributed by atoms with E-state index in [1.807, 2.05) is 13.8 Å². The molecule has 2 aromatic carbocycles. The van der Waals surface area contributed by atoms with E-state index in [-0.39, 0.29) is 45.1 Å². The van der Waals surface area contributed by atoms with Crippen LogP contribution in [0.15, 0.2) is 29.2 Å². The Morgan fingerprint density at radius 3 is 2.51 bits per heavy atom. The summed E-state index contributed by atoms with van der Waals surface area (Å²) in [5, 5.41) is 9.56. The molecule has 2 aliphatic heterocycles. The van der Waals surface area contributed by atoms with Gasteiger partial charge in [0.1, 0.15) is 16.4 Å². The number of carbonyl (C=O) groups is 2. The SMILES string of the molecule is Cc1cc(C(=O)O)cc2c1Oc1c(Cl)cc(N(CCN3CCCC3)C(=O)OCC(C)C)cc1CS2(=O)=O. The molecule has 2 heterocycles. The van der Waals surface area contributed by atoms with Crippen LogP contribution < -0.4 is 9.64 Å². The molecule has 0 bridgehead atoms. The summed E-state index contributed by atoms with van der Waals surface area (Å²) in [6.07, 6.45) is 1.69. The van der Waals surface area contributed by atoms with Gasteiger partial charge in [-0.05, 0) is 68.6 Å². The lowest BCUT2D eigenvalue weighted by Gasteiger charge is -2.26. The summed E-state index contributed by atoms with van der Waals surface area (Å²) in [5.74, 6) is -1.35. The van der Waals surface area contributed by atoms with Gasteiger partial charge in [0, 0.05) is 24.3 Å². The first kappa shape index (κ1) is 27.2. The second-order valence-corrected chi connectivity index (χ2v) is 12.2. The number of carbonyl (C=O) groups excluding carboxylic acids is 1.